The standard InChI is InChI=1S/C7H14N2O2S/c10-12(11,6-1-2-6)7-5-8-3-4-9-7/h6-9H,1-5H2. The van der Waals surface area contributed by atoms with E-state index in [1.807, 2.05) is 0 Å². The first-order valence-electron chi connectivity index (χ1n) is 4.38. The van der Waals surface area contributed by atoms with E-state index in [0.29, 0.717) is 6.54 Å². The van der Waals surface area contributed by atoms with Crippen molar-refractivity contribution in [3.05, 3.63) is 0 Å². The van der Waals surface area contributed by atoms with Crippen molar-refractivity contribution >= 4 is 9.84 Å². The van der Waals surface area contributed by atoms with Gasteiger partial charge in [0.1, 0.15) is 5.37 Å². The van der Waals surface area contributed by atoms with Crippen LogP contribution in [0.1, 0.15) is 12.8 Å². The SMILES string of the molecule is O=S(=O)(C1CC1)C1CNCCN1. The summed E-state index contributed by atoms with van der Waals surface area (Å²) in [5.74, 6) is 0. The molecule has 0 aromatic rings. The van der Waals surface area contributed by atoms with Gasteiger partial charge in [-0.1, -0.05) is 0 Å². The first-order chi connectivity index (χ1) is 5.71. The van der Waals surface area contributed by atoms with E-state index >= 15 is 0 Å². The van der Waals surface area contributed by atoms with Crippen molar-refractivity contribution in [1.82, 2.24) is 10.6 Å². The van der Waals surface area contributed by atoms with Gasteiger partial charge in [-0.05, 0) is 12.8 Å². The summed E-state index contributed by atoms with van der Waals surface area (Å²) in [6, 6.07) is 0. The summed E-state index contributed by atoms with van der Waals surface area (Å²) in [7, 11) is -2.86. The molecule has 1 aliphatic carbocycles. The van der Waals surface area contributed by atoms with Gasteiger partial charge in [0.15, 0.2) is 9.84 Å². The van der Waals surface area contributed by atoms with Crippen LogP contribution in [0.2, 0.25) is 0 Å². The smallest absolute Gasteiger partial charge is 0.170 e. The van der Waals surface area contributed by atoms with Crippen LogP contribution in [0.5, 0.6) is 0 Å². The lowest BCUT2D eigenvalue weighted by Crippen LogP contribution is -2.53. The highest BCUT2D eigenvalue weighted by atomic mass is 32.2. The second-order valence-electron chi connectivity index (χ2n) is 3.44. The molecule has 1 saturated heterocycles. The van der Waals surface area contributed by atoms with E-state index in [0.717, 1.165) is 25.9 Å². The number of nitrogens with one attached hydrogen (secondary N) is 2. The van der Waals surface area contributed by atoms with Gasteiger partial charge in [-0.25, -0.2) is 8.42 Å². The van der Waals surface area contributed by atoms with Gasteiger partial charge in [0, 0.05) is 19.6 Å². The minimum atomic E-state index is -2.86. The third kappa shape index (κ3) is 1.48. The minimum absolute atomic E-state index is 0.0464. The maximum atomic E-state index is 11.6. The molecule has 2 aliphatic rings. The normalized spacial score (nSPS) is 31.8. The largest absolute Gasteiger partial charge is 0.313 e. The van der Waals surface area contributed by atoms with Gasteiger partial charge < -0.3 is 5.32 Å². The van der Waals surface area contributed by atoms with Crippen LogP contribution in [0.3, 0.4) is 0 Å². The summed E-state index contributed by atoms with van der Waals surface area (Å²) in [5, 5.41) is 5.73. The molecule has 0 radical (unpaired) electrons. The van der Waals surface area contributed by atoms with E-state index in [-0.39, 0.29) is 10.6 Å². The Kier molecular flexibility index (Phi) is 2.10. The molecule has 2 rings (SSSR count). The van der Waals surface area contributed by atoms with Crippen molar-refractivity contribution in [2.75, 3.05) is 19.6 Å². The predicted octanol–water partition coefficient (Wildman–Crippen LogP) is -0.917. The first-order valence-corrected chi connectivity index (χ1v) is 5.99. The van der Waals surface area contributed by atoms with Crippen LogP contribution >= 0.6 is 0 Å². The Morgan fingerprint density at radius 1 is 1.17 bits per heavy atom. The highest BCUT2D eigenvalue weighted by molar-refractivity contribution is 7.92. The molecule has 1 aliphatic heterocycles. The van der Waals surface area contributed by atoms with E-state index in [2.05, 4.69) is 10.6 Å². The lowest BCUT2D eigenvalue weighted by molar-refractivity contribution is 0.474. The highest BCUT2D eigenvalue weighted by Gasteiger charge is 2.41. The molecule has 0 aromatic carbocycles. The van der Waals surface area contributed by atoms with E-state index < -0.39 is 9.84 Å². The fourth-order valence-corrected chi connectivity index (χ4v) is 3.45. The Bertz CT molecular complexity index is 253. The van der Waals surface area contributed by atoms with Crippen LogP contribution in [-0.4, -0.2) is 38.7 Å². The molecular formula is C7H14N2O2S. The van der Waals surface area contributed by atoms with Gasteiger partial charge in [-0.15, -0.1) is 0 Å². The van der Waals surface area contributed by atoms with Crippen LogP contribution in [0.25, 0.3) is 0 Å². The Balaban J connectivity index is 2.05. The topological polar surface area (TPSA) is 58.2 Å². The molecule has 5 heteroatoms. The zero-order valence-electron chi connectivity index (χ0n) is 6.91. The van der Waals surface area contributed by atoms with Crippen molar-refractivity contribution in [2.24, 2.45) is 0 Å². The quantitative estimate of drug-likeness (QED) is 0.591. The molecule has 0 amide bonds. The summed E-state index contributed by atoms with van der Waals surface area (Å²) in [4.78, 5) is 0. The van der Waals surface area contributed by atoms with Crippen LogP contribution in [-0.2, 0) is 9.84 Å². The molecule has 12 heavy (non-hydrogen) atoms. The Labute approximate surface area is 72.6 Å². The molecular weight excluding hydrogens is 176 g/mol. The number of sulfone groups is 1. The molecule has 0 spiro atoms. The molecule has 0 bridgehead atoms. The highest BCUT2D eigenvalue weighted by Crippen LogP contribution is 2.30. The maximum Gasteiger partial charge on any atom is 0.170 e. The average molecular weight is 190 g/mol. The van der Waals surface area contributed by atoms with Crippen LogP contribution in [0, 0.1) is 0 Å². The number of hydrogen-bond donors (Lipinski definition) is 2. The summed E-state index contributed by atoms with van der Waals surface area (Å²) >= 11 is 0. The van der Waals surface area contributed by atoms with Crippen LogP contribution in [0.4, 0.5) is 0 Å². The van der Waals surface area contributed by atoms with E-state index in [1.54, 1.807) is 0 Å². The number of rotatable bonds is 2. The minimum Gasteiger partial charge on any atom is -0.313 e. The predicted molar refractivity (Wildman–Crippen MR) is 46.6 cm³/mol. The van der Waals surface area contributed by atoms with Crippen molar-refractivity contribution in [3.8, 4) is 0 Å². The zero-order chi connectivity index (χ0) is 8.60. The molecule has 1 atom stereocenters. The average Bonchev–Trinajstić information content (AvgIpc) is 2.88. The lowest BCUT2D eigenvalue weighted by Gasteiger charge is -2.24. The summed E-state index contributed by atoms with van der Waals surface area (Å²) in [5.41, 5.74) is 0. The summed E-state index contributed by atoms with van der Waals surface area (Å²) in [6.45, 7) is 2.20. The van der Waals surface area contributed by atoms with Crippen LogP contribution in [0.15, 0.2) is 0 Å². The molecule has 1 unspecified atom stereocenters. The number of piperazine rings is 1. The molecule has 70 valence electrons. The Morgan fingerprint density at radius 3 is 2.42 bits per heavy atom. The van der Waals surface area contributed by atoms with Gasteiger partial charge in [0.05, 0.1) is 5.25 Å². The van der Waals surface area contributed by atoms with Gasteiger partial charge >= 0.3 is 0 Å². The van der Waals surface area contributed by atoms with E-state index in [1.165, 1.54) is 0 Å². The van der Waals surface area contributed by atoms with Gasteiger partial charge in [0.2, 0.25) is 0 Å². The third-order valence-corrected chi connectivity index (χ3v) is 4.92. The zero-order valence-corrected chi connectivity index (χ0v) is 7.73. The second-order valence-corrected chi connectivity index (χ2v) is 5.85. The van der Waals surface area contributed by atoms with Crippen molar-refractivity contribution in [2.45, 2.75) is 23.5 Å². The maximum absolute atomic E-state index is 11.6. The summed E-state index contributed by atoms with van der Waals surface area (Å²) < 4.78 is 23.3. The first kappa shape index (κ1) is 8.47. The Hall–Kier alpha value is -0.130. The molecule has 2 fully saturated rings. The molecule has 0 aromatic heterocycles. The van der Waals surface area contributed by atoms with E-state index in [9.17, 15) is 8.42 Å². The van der Waals surface area contributed by atoms with E-state index in [4.69, 9.17) is 0 Å². The van der Waals surface area contributed by atoms with Crippen molar-refractivity contribution in [1.29, 1.82) is 0 Å². The van der Waals surface area contributed by atoms with Gasteiger partial charge in [0.25, 0.3) is 0 Å². The Morgan fingerprint density at radius 2 is 1.92 bits per heavy atom. The van der Waals surface area contributed by atoms with Crippen molar-refractivity contribution < 1.29 is 8.42 Å². The van der Waals surface area contributed by atoms with Crippen LogP contribution < -0.4 is 10.6 Å². The summed E-state index contributed by atoms with van der Waals surface area (Å²) in [6.07, 6.45) is 1.72. The molecule has 1 heterocycles. The third-order valence-electron chi connectivity index (χ3n) is 2.39. The second kappa shape index (κ2) is 2.97. The molecule has 2 N–H and O–H groups in total. The lowest BCUT2D eigenvalue weighted by atomic mass is 10.4. The molecule has 1 saturated carbocycles. The van der Waals surface area contributed by atoms with Gasteiger partial charge in [-0.3, -0.25) is 5.32 Å². The fraction of sp³-hybridized carbons (Fsp3) is 1.00. The monoisotopic (exact) mass is 190 g/mol. The van der Waals surface area contributed by atoms with Crippen molar-refractivity contribution in [3.63, 3.8) is 0 Å². The van der Waals surface area contributed by atoms with Gasteiger partial charge in [-0.2, -0.15) is 0 Å². The number of hydrogen-bond acceptors (Lipinski definition) is 4. The molecule has 4 nitrogen and oxygen atoms in total. The fourth-order valence-electron chi connectivity index (χ4n) is 1.49.